The Balaban J connectivity index is -0.0000000733. The van der Waals surface area contributed by atoms with Crippen molar-refractivity contribution in [2.75, 3.05) is 39.3 Å². The normalized spacial score (nSPS) is 10.1. The van der Waals surface area contributed by atoms with Gasteiger partial charge < -0.3 is 21.3 Å². The predicted molar refractivity (Wildman–Crippen MR) is 116 cm³/mol. The summed E-state index contributed by atoms with van der Waals surface area (Å²) in [6.07, 6.45) is 0. The molecule has 0 amide bonds. The van der Waals surface area contributed by atoms with E-state index >= 15 is 0 Å². The van der Waals surface area contributed by atoms with Crippen molar-refractivity contribution in [1.29, 1.82) is 0 Å². The molecular weight excluding hydrogens is 477 g/mol. The van der Waals surface area contributed by atoms with Crippen LogP contribution in [0.3, 0.4) is 0 Å². The van der Waals surface area contributed by atoms with E-state index in [4.69, 9.17) is 0 Å². The second-order valence-electron chi connectivity index (χ2n) is 7.02. The van der Waals surface area contributed by atoms with Gasteiger partial charge in [0.2, 0.25) is 0 Å². The summed E-state index contributed by atoms with van der Waals surface area (Å²) in [4.78, 5) is 0. The van der Waals surface area contributed by atoms with Crippen molar-refractivity contribution < 1.29 is 22.4 Å². The molecule has 0 fully saturated rings. The molecule has 0 heterocycles. The van der Waals surface area contributed by atoms with Gasteiger partial charge in [-0.05, 0) is 0 Å². The van der Waals surface area contributed by atoms with Gasteiger partial charge in [0.25, 0.3) is 0 Å². The Morgan fingerprint density at radius 2 is 0.600 bits per heavy atom. The molecule has 157 valence electrons. The van der Waals surface area contributed by atoms with Crippen molar-refractivity contribution in [2.24, 2.45) is 0 Å². The molecule has 0 atom stereocenters. The van der Waals surface area contributed by atoms with Crippen molar-refractivity contribution in [3.05, 3.63) is 21.3 Å². The van der Waals surface area contributed by atoms with Crippen LogP contribution in [-0.4, -0.2) is 50.3 Å². The zero-order valence-electron chi connectivity index (χ0n) is 19.5. The summed E-state index contributed by atoms with van der Waals surface area (Å²) >= 11 is 0. The van der Waals surface area contributed by atoms with Gasteiger partial charge in [-0.25, -0.2) is 0 Å². The van der Waals surface area contributed by atoms with Gasteiger partial charge in [0, 0.05) is 22.4 Å². The summed E-state index contributed by atoms with van der Waals surface area (Å²) in [6, 6.07) is 0. The summed E-state index contributed by atoms with van der Waals surface area (Å²) < 4.78 is 0. The minimum atomic E-state index is 0. The first kappa shape index (κ1) is 36.5. The smallest absolute Gasteiger partial charge is 0 e. The van der Waals surface area contributed by atoms with Crippen LogP contribution < -0.4 is 0 Å². The molecule has 0 aromatic rings. The molecule has 0 bridgehead atoms. The Morgan fingerprint density at radius 1 is 0.440 bits per heavy atom. The Bertz CT molecular complexity index is 167. The molecule has 0 aliphatic heterocycles. The van der Waals surface area contributed by atoms with Crippen LogP contribution in [0.25, 0.3) is 21.3 Å². The topological polar surface area (TPSA) is 56.4 Å². The van der Waals surface area contributed by atoms with Crippen LogP contribution in [0.4, 0.5) is 0 Å². The summed E-state index contributed by atoms with van der Waals surface area (Å²) in [5.74, 6) is 0. The fourth-order valence-corrected chi connectivity index (χ4v) is 1.68. The fraction of sp³-hybridized carbons (Fsp3) is 1.00. The molecule has 0 aliphatic rings. The molecule has 25 heavy (non-hydrogen) atoms. The second-order valence-corrected chi connectivity index (χ2v) is 7.02. The Kier molecular flexibility index (Phi) is 39.1. The van der Waals surface area contributed by atoms with E-state index in [-0.39, 0.29) is 33.5 Å². The van der Waals surface area contributed by atoms with Crippen molar-refractivity contribution in [3.8, 4) is 0 Å². The van der Waals surface area contributed by atoms with Gasteiger partial charge in [-0.15, -0.1) is 11.1 Å². The third kappa shape index (κ3) is 79.2. The first-order chi connectivity index (χ1) is 10.9. The van der Waals surface area contributed by atoms with Crippen LogP contribution >= 0.6 is 0 Å². The number of nitrogens with zero attached hydrogens (tertiary/aromatic N) is 4. The van der Waals surface area contributed by atoms with Crippen LogP contribution in [0.5, 0.6) is 0 Å². The molecule has 0 saturated heterocycles. The van der Waals surface area contributed by atoms with Crippen LogP contribution in [0.15, 0.2) is 0 Å². The van der Waals surface area contributed by atoms with E-state index in [9.17, 15) is 0 Å². The minimum Gasteiger partial charge on any atom is -0.663 e. The fourth-order valence-electron chi connectivity index (χ4n) is 1.68. The van der Waals surface area contributed by atoms with Crippen molar-refractivity contribution in [3.63, 3.8) is 0 Å². The van der Waals surface area contributed by atoms with Crippen LogP contribution in [-0.2, 0) is 22.4 Å². The first-order valence-electron chi connectivity index (χ1n) is 9.59. The zero-order valence-corrected chi connectivity index (χ0v) is 22.7. The molecule has 5 heteroatoms. The molecule has 0 spiro atoms. The molecule has 4 nitrogen and oxygen atoms in total. The second kappa shape index (κ2) is 26.8. The van der Waals surface area contributed by atoms with Gasteiger partial charge in [0.05, 0.1) is 0 Å². The summed E-state index contributed by atoms with van der Waals surface area (Å²) in [6.45, 7) is 30.8. The van der Waals surface area contributed by atoms with Gasteiger partial charge in [-0.1, -0.05) is 83.1 Å². The van der Waals surface area contributed by atoms with Crippen molar-refractivity contribution in [2.45, 2.75) is 94.2 Å². The number of rotatable bonds is 6. The van der Waals surface area contributed by atoms with E-state index in [1.807, 2.05) is 41.5 Å². The van der Waals surface area contributed by atoms with Gasteiger partial charge in [0.1, 0.15) is 0 Å². The molecule has 0 unspecified atom stereocenters. The molecule has 0 aliphatic carbocycles. The van der Waals surface area contributed by atoms with Crippen molar-refractivity contribution in [1.82, 2.24) is 0 Å². The Morgan fingerprint density at radius 3 is 0.600 bits per heavy atom. The molecule has 1 radical (unpaired) electrons. The quantitative estimate of drug-likeness (QED) is 0.354. The molecule has 0 saturated carbocycles. The molecule has 0 aromatic carbocycles. The standard InChI is InChI=1S/C8H18N.3C4H10N.Ta/c1-7(2,3)9-8(4,5)6;3*1-3-5-4-2;/h1-6H3;3*3-4H2,1-2H3;/q4*-1;. The maximum atomic E-state index is 4.54. The maximum absolute atomic E-state index is 4.54. The van der Waals surface area contributed by atoms with Crippen LogP contribution in [0.1, 0.15) is 83.1 Å². The third-order valence-electron chi connectivity index (χ3n) is 2.01. The van der Waals surface area contributed by atoms with Crippen molar-refractivity contribution >= 4 is 0 Å². The van der Waals surface area contributed by atoms with E-state index in [1.165, 1.54) is 0 Å². The molecule has 0 rings (SSSR count). The Labute approximate surface area is 177 Å². The van der Waals surface area contributed by atoms with Crippen LogP contribution in [0.2, 0.25) is 0 Å². The molecular formula is C20H48N4Ta-4. The minimum absolute atomic E-state index is 0. The largest absolute Gasteiger partial charge is 0.663 e. The molecule has 0 aromatic heterocycles. The van der Waals surface area contributed by atoms with E-state index in [0.717, 1.165) is 39.3 Å². The summed E-state index contributed by atoms with van der Waals surface area (Å²) in [5, 5.41) is 16.5. The summed E-state index contributed by atoms with van der Waals surface area (Å²) in [7, 11) is 0. The molecule has 0 N–H and O–H groups in total. The van der Waals surface area contributed by atoms with Gasteiger partial charge in [-0.2, -0.15) is 39.3 Å². The average Bonchev–Trinajstić information content (AvgIpc) is 2.39. The number of hydrogen-bond donors (Lipinski definition) is 0. The predicted octanol–water partition coefficient (Wildman–Crippen LogP) is 7.15. The van der Waals surface area contributed by atoms with E-state index in [1.54, 1.807) is 0 Å². The number of hydrogen-bond acceptors (Lipinski definition) is 0. The average molecular weight is 526 g/mol. The van der Waals surface area contributed by atoms with Gasteiger partial charge in [0.15, 0.2) is 0 Å². The monoisotopic (exact) mass is 525 g/mol. The van der Waals surface area contributed by atoms with E-state index < -0.39 is 0 Å². The van der Waals surface area contributed by atoms with E-state index in [2.05, 4.69) is 62.8 Å². The first-order valence-corrected chi connectivity index (χ1v) is 9.59. The van der Waals surface area contributed by atoms with E-state index in [0.29, 0.717) is 0 Å². The maximum Gasteiger partial charge on any atom is 0 e. The van der Waals surface area contributed by atoms with Crippen LogP contribution in [0, 0.1) is 0 Å². The van der Waals surface area contributed by atoms with Gasteiger partial charge in [-0.3, -0.25) is 0 Å². The SMILES string of the molecule is CC(C)(C)[N-]C(C)(C)C.CC[N-]CC.CC[N-]CC.CC[N-]CC.[Ta]. The third-order valence-corrected chi connectivity index (χ3v) is 2.01. The Hall–Kier alpha value is 0.580. The summed E-state index contributed by atoms with van der Waals surface area (Å²) in [5.41, 5.74) is 0.219. The zero-order chi connectivity index (χ0) is 20.1. The van der Waals surface area contributed by atoms with Gasteiger partial charge >= 0.3 is 0 Å².